The Hall–Kier alpha value is -1.31. The van der Waals surface area contributed by atoms with E-state index in [2.05, 4.69) is 6.92 Å². The highest BCUT2D eigenvalue weighted by Crippen LogP contribution is 2.24. The number of ether oxygens (including phenoxy) is 1. The summed E-state index contributed by atoms with van der Waals surface area (Å²) in [7, 11) is 0. The first kappa shape index (κ1) is 11.8. The molecule has 2 heteroatoms. The second-order valence-electron chi connectivity index (χ2n) is 3.61. The van der Waals surface area contributed by atoms with Crippen molar-refractivity contribution < 1.29 is 9.53 Å². The maximum atomic E-state index is 11.4. The topological polar surface area (TPSA) is 26.3 Å². The number of Topliss-reactive ketones (excluding diaryl/α,β-unsaturated/α-hetero) is 1. The Bertz CT molecular complexity index is 367. The standard InChI is InChI=1S/C13H18O2/c1-5-11-7-12(10(4)14)9(3)13(8-11)15-6-2/h7-8H,5-6H2,1-4H3. The van der Waals surface area contributed by atoms with Gasteiger partial charge in [0.1, 0.15) is 5.75 Å². The van der Waals surface area contributed by atoms with E-state index in [0.29, 0.717) is 6.61 Å². The zero-order valence-corrected chi connectivity index (χ0v) is 9.89. The van der Waals surface area contributed by atoms with Crippen molar-refractivity contribution in [2.45, 2.75) is 34.1 Å². The Kier molecular flexibility index (Phi) is 3.89. The molecule has 0 radical (unpaired) electrons. The van der Waals surface area contributed by atoms with E-state index in [1.165, 1.54) is 0 Å². The zero-order chi connectivity index (χ0) is 11.4. The van der Waals surface area contributed by atoms with E-state index in [-0.39, 0.29) is 5.78 Å². The molecule has 0 heterocycles. The van der Waals surface area contributed by atoms with E-state index < -0.39 is 0 Å². The summed E-state index contributed by atoms with van der Waals surface area (Å²) in [5, 5.41) is 0. The van der Waals surface area contributed by atoms with Crippen molar-refractivity contribution in [3.8, 4) is 5.75 Å². The van der Waals surface area contributed by atoms with E-state index in [4.69, 9.17) is 4.74 Å². The van der Waals surface area contributed by atoms with Gasteiger partial charge in [-0.25, -0.2) is 0 Å². The molecule has 82 valence electrons. The van der Waals surface area contributed by atoms with Crippen LogP contribution in [-0.4, -0.2) is 12.4 Å². The molecule has 0 fully saturated rings. The van der Waals surface area contributed by atoms with Crippen LogP contribution in [0.4, 0.5) is 0 Å². The lowest BCUT2D eigenvalue weighted by Gasteiger charge is -2.12. The third-order valence-electron chi connectivity index (χ3n) is 2.51. The predicted octanol–water partition coefficient (Wildman–Crippen LogP) is 3.16. The van der Waals surface area contributed by atoms with Crippen molar-refractivity contribution in [2.75, 3.05) is 6.61 Å². The van der Waals surface area contributed by atoms with Gasteiger partial charge >= 0.3 is 0 Å². The lowest BCUT2D eigenvalue weighted by Crippen LogP contribution is -2.02. The number of carbonyl (C=O) groups is 1. The predicted molar refractivity (Wildman–Crippen MR) is 61.7 cm³/mol. The maximum Gasteiger partial charge on any atom is 0.160 e. The van der Waals surface area contributed by atoms with Gasteiger partial charge in [0.2, 0.25) is 0 Å². The molecule has 0 amide bonds. The lowest BCUT2D eigenvalue weighted by molar-refractivity contribution is 0.101. The van der Waals surface area contributed by atoms with Crippen molar-refractivity contribution in [2.24, 2.45) is 0 Å². The minimum Gasteiger partial charge on any atom is -0.494 e. The zero-order valence-electron chi connectivity index (χ0n) is 9.89. The number of aryl methyl sites for hydroxylation is 1. The number of hydrogen-bond acceptors (Lipinski definition) is 2. The Labute approximate surface area is 91.3 Å². The van der Waals surface area contributed by atoms with E-state index in [9.17, 15) is 4.79 Å². The number of carbonyl (C=O) groups excluding carboxylic acids is 1. The van der Waals surface area contributed by atoms with Crippen LogP contribution >= 0.6 is 0 Å². The third kappa shape index (κ3) is 2.58. The van der Waals surface area contributed by atoms with Crippen molar-refractivity contribution >= 4 is 5.78 Å². The van der Waals surface area contributed by atoms with Gasteiger partial charge in [-0.15, -0.1) is 0 Å². The van der Waals surface area contributed by atoms with Gasteiger partial charge in [0.05, 0.1) is 6.61 Å². The molecule has 0 spiro atoms. The molecule has 1 aromatic carbocycles. The van der Waals surface area contributed by atoms with Gasteiger partial charge in [-0.05, 0) is 44.9 Å². The van der Waals surface area contributed by atoms with Crippen molar-refractivity contribution in [3.05, 3.63) is 28.8 Å². The highest BCUT2D eigenvalue weighted by Gasteiger charge is 2.10. The molecule has 0 unspecified atom stereocenters. The quantitative estimate of drug-likeness (QED) is 0.707. The molecule has 0 aliphatic rings. The normalized spacial score (nSPS) is 10.1. The molecule has 0 saturated carbocycles. The molecular formula is C13H18O2. The van der Waals surface area contributed by atoms with Crippen LogP contribution in [-0.2, 0) is 6.42 Å². The minimum absolute atomic E-state index is 0.101. The Morgan fingerprint density at radius 1 is 1.33 bits per heavy atom. The van der Waals surface area contributed by atoms with Crippen LogP contribution in [0.5, 0.6) is 5.75 Å². The molecule has 2 nitrogen and oxygen atoms in total. The van der Waals surface area contributed by atoms with Crippen molar-refractivity contribution in [3.63, 3.8) is 0 Å². The minimum atomic E-state index is 0.101. The monoisotopic (exact) mass is 206 g/mol. The number of benzene rings is 1. The highest BCUT2D eigenvalue weighted by molar-refractivity contribution is 5.96. The van der Waals surface area contributed by atoms with Crippen LogP contribution in [0.15, 0.2) is 12.1 Å². The SMILES string of the molecule is CCOc1cc(CC)cc(C(C)=O)c1C. The summed E-state index contributed by atoms with van der Waals surface area (Å²) in [4.78, 5) is 11.4. The molecule has 0 saturated heterocycles. The summed E-state index contributed by atoms with van der Waals surface area (Å²) in [6.07, 6.45) is 0.917. The van der Waals surface area contributed by atoms with Gasteiger partial charge in [-0.3, -0.25) is 4.79 Å². The van der Waals surface area contributed by atoms with Gasteiger partial charge in [-0.1, -0.05) is 6.92 Å². The maximum absolute atomic E-state index is 11.4. The van der Waals surface area contributed by atoms with Gasteiger partial charge in [0, 0.05) is 11.1 Å². The average molecular weight is 206 g/mol. The second kappa shape index (κ2) is 4.96. The second-order valence-corrected chi connectivity index (χ2v) is 3.61. The van der Waals surface area contributed by atoms with Gasteiger partial charge in [0.25, 0.3) is 0 Å². The Balaban J connectivity index is 3.26. The molecule has 0 aromatic heterocycles. The summed E-state index contributed by atoms with van der Waals surface area (Å²) in [5.41, 5.74) is 2.87. The first-order valence-corrected chi connectivity index (χ1v) is 5.37. The summed E-state index contributed by atoms with van der Waals surface area (Å²) >= 11 is 0. The van der Waals surface area contributed by atoms with Crippen LogP contribution in [0.3, 0.4) is 0 Å². The molecule has 0 aliphatic heterocycles. The fourth-order valence-corrected chi connectivity index (χ4v) is 1.62. The number of ketones is 1. The molecule has 15 heavy (non-hydrogen) atoms. The summed E-state index contributed by atoms with van der Waals surface area (Å²) < 4.78 is 5.52. The smallest absolute Gasteiger partial charge is 0.160 e. The summed E-state index contributed by atoms with van der Waals surface area (Å²) in [5.74, 6) is 0.936. The van der Waals surface area contributed by atoms with E-state index in [1.807, 2.05) is 26.0 Å². The largest absolute Gasteiger partial charge is 0.494 e. The molecule has 0 N–H and O–H groups in total. The van der Waals surface area contributed by atoms with Gasteiger partial charge < -0.3 is 4.74 Å². The fourth-order valence-electron chi connectivity index (χ4n) is 1.62. The van der Waals surface area contributed by atoms with Gasteiger partial charge in [-0.2, -0.15) is 0 Å². The summed E-state index contributed by atoms with van der Waals surface area (Å²) in [6.45, 7) is 8.18. The van der Waals surface area contributed by atoms with Crippen molar-refractivity contribution in [1.29, 1.82) is 0 Å². The first-order valence-electron chi connectivity index (χ1n) is 5.37. The highest BCUT2D eigenvalue weighted by atomic mass is 16.5. The fraction of sp³-hybridized carbons (Fsp3) is 0.462. The van der Waals surface area contributed by atoms with E-state index >= 15 is 0 Å². The van der Waals surface area contributed by atoms with E-state index in [1.54, 1.807) is 6.92 Å². The van der Waals surface area contributed by atoms with E-state index in [0.717, 1.165) is 28.9 Å². The van der Waals surface area contributed by atoms with Crippen LogP contribution in [0.25, 0.3) is 0 Å². The van der Waals surface area contributed by atoms with Crippen LogP contribution in [0.1, 0.15) is 42.3 Å². The van der Waals surface area contributed by atoms with Crippen molar-refractivity contribution in [1.82, 2.24) is 0 Å². The molecule has 1 aromatic rings. The number of hydrogen-bond donors (Lipinski definition) is 0. The average Bonchev–Trinajstić information content (AvgIpc) is 2.21. The Morgan fingerprint density at radius 2 is 2.00 bits per heavy atom. The lowest BCUT2D eigenvalue weighted by atomic mass is 10.00. The van der Waals surface area contributed by atoms with Crippen LogP contribution < -0.4 is 4.74 Å². The molecule has 1 rings (SSSR count). The van der Waals surface area contributed by atoms with Crippen LogP contribution in [0.2, 0.25) is 0 Å². The van der Waals surface area contributed by atoms with Crippen LogP contribution in [0, 0.1) is 6.92 Å². The number of rotatable bonds is 4. The molecule has 0 atom stereocenters. The molecular weight excluding hydrogens is 188 g/mol. The molecule has 0 aliphatic carbocycles. The Morgan fingerprint density at radius 3 is 2.47 bits per heavy atom. The third-order valence-corrected chi connectivity index (χ3v) is 2.51. The summed E-state index contributed by atoms with van der Waals surface area (Å²) in [6, 6.07) is 3.98. The molecule has 0 bridgehead atoms. The van der Waals surface area contributed by atoms with Gasteiger partial charge in [0.15, 0.2) is 5.78 Å². The first-order chi connectivity index (χ1) is 7.10.